The lowest BCUT2D eigenvalue weighted by molar-refractivity contribution is -0.599. The van der Waals surface area contributed by atoms with Crippen LogP contribution in [0, 0.1) is 7.14 Å². The molecule has 0 radical (unpaired) electrons. The maximum atomic E-state index is 9.75. The number of halogens is 5. The van der Waals surface area contributed by atoms with Gasteiger partial charge in [-0.25, -0.2) is 0 Å². The van der Waals surface area contributed by atoms with Gasteiger partial charge in [0.15, 0.2) is 11.5 Å². The van der Waals surface area contributed by atoms with Gasteiger partial charge in [-0.2, -0.15) is 0 Å². The molecular formula is C18H22BF4IO4. The second-order valence-electron chi connectivity index (χ2n) is 5.13. The molecule has 0 aromatic heterocycles. The highest BCUT2D eigenvalue weighted by Gasteiger charge is 2.24. The molecule has 0 saturated heterocycles. The Morgan fingerprint density at radius 1 is 0.679 bits per heavy atom. The summed E-state index contributed by atoms with van der Waals surface area (Å²) in [6.07, 6.45) is 0. The molecule has 4 nitrogen and oxygen atoms in total. The Labute approximate surface area is 172 Å². The molecule has 10 heteroatoms. The second-order valence-corrected chi connectivity index (χ2v) is 8.00. The van der Waals surface area contributed by atoms with Crippen molar-refractivity contribution in [3.8, 4) is 11.5 Å². The van der Waals surface area contributed by atoms with E-state index in [2.05, 4.69) is 12.1 Å². The Bertz CT molecular complexity index is 631. The van der Waals surface area contributed by atoms with Gasteiger partial charge in [-0.1, -0.05) is 24.3 Å². The number of methoxy groups -OCH3 is 2. The Morgan fingerprint density at radius 2 is 1.04 bits per heavy atom. The third-order valence-corrected chi connectivity index (χ3v) is 5.91. The minimum atomic E-state index is -6.00. The molecule has 0 fully saturated rings. The van der Waals surface area contributed by atoms with E-state index < -0.39 is 28.5 Å². The molecule has 0 aliphatic heterocycles. The monoisotopic (exact) mass is 516 g/mol. The van der Waals surface area contributed by atoms with E-state index in [-0.39, 0.29) is 0 Å². The molecular weight excluding hydrogens is 494 g/mol. The molecule has 0 unspecified atom stereocenters. The zero-order chi connectivity index (χ0) is 20.8. The summed E-state index contributed by atoms with van der Waals surface area (Å²) in [5.41, 5.74) is 0. The van der Waals surface area contributed by atoms with Crippen LogP contribution in [-0.2, 0) is 9.47 Å². The minimum absolute atomic E-state index is 0.391. The van der Waals surface area contributed by atoms with E-state index in [9.17, 15) is 17.3 Å². The smallest absolute Gasteiger partial charge is 0.486 e. The number of ether oxygens (including phenoxy) is 4. The molecule has 0 aliphatic carbocycles. The van der Waals surface area contributed by atoms with Crippen LogP contribution in [0.1, 0.15) is 0 Å². The van der Waals surface area contributed by atoms with Crippen molar-refractivity contribution in [2.75, 3.05) is 40.6 Å². The Kier molecular flexibility index (Phi) is 11.9. The van der Waals surface area contributed by atoms with E-state index in [0.717, 1.165) is 11.5 Å². The predicted molar refractivity (Wildman–Crippen MR) is 95.2 cm³/mol. The van der Waals surface area contributed by atoms with Gasteiger partial charge in [-0.3, -0.25) is 0 Å². The summed E-state index contributed by atoms with van der Waals surface area (Å²) in [6.45, 7) is 2.29. The largest absolute Gasteiger partial charge is 0.673 e. The van der Waals surface area contributed by atoms with E-state index in [0.29, 0.717) is 26.4 Å². The summed E-state index contributed by atoms with van der Waals surface area (Å²) in [4.78, 5) is 0. The number of para-hydroxylation sites is 2. The molecule has 0 aliphatic rings. The first kappa shape index (κ1) is 24.5. The molecule has 2 rings (SSSR count). The lowest BCUT2D eigenvalue weighted by atomic mass is 10.3. The normalized spacial score (nSPS) is 10.8. The van der Waals surface area contributed by atoms with Gasteiger partial charge in [0.25, 0.3) is 0 Å². The van der Waals surface area contributed by atoms with Crippen LogP contribution in [-0.4, -0.2) is 47.9 Å². The Balaban J connectivity index is 0.000000696. The van der Waals surface area contributed by atoms with Crippen molar-refractivity contribution < 1.29 is 57.4 Å². The summed E-state index contributed by atoms with van der Waals surface area (Å²) in [7, 11) is -2.65. The van der Waals surface area contributed by atoms with Crippen molar-refractivity contribution in [1.82, 2.24) is 0 Å². The Morgan fingerprint density at radius 3 is 1.39 bits per heavy atom. The summed E-state index contributed by atoms with van der Waals surface area (Å²) in [5, 5.41) is 0. The van der Waals surface area contributed by atoms with E-state index in [1.165, 1.54) is 7.14 Å². The fourth-order valence-electron chi connectivity index (χ4n) is 1.86. The lowest BCUT2D eigenvalue weighted by Crippen LogP contribution is -3.61. The molecule has 0 saturated carbocycles. The van der Waals surface area contributed by atoms with E-state index in [1.54, 1.807) is 14.2 Å². The quantitative estimate of drug-likeness (QED) is 0.206. The maximum absolute atomic E-state index is 9.75. The SMILES string of the molecule is COCCOc1ccccc1[I+]c1ccccc1OCCOC.F[B-](F)(F)F. The average Bonchev–Trinajstić information content (AvgIpc) is 2.63. The average molecular weight is 516 g/mol. The van der Waals surface area contributed by atoms with Crippen LogP contribution in [0.15, 0.2) is 48.5 Å². The molecule has 2 aromatic carbocycles. The number of rotatable bonds is 10. The van der Waals surface area contributed by atoms with Crippen molar-refractivity contribution in [3.63, 3.8) is 0 Å². The van der Waals surface area contributed by atoms with E-state index >= 15 is 0 Å². The fraction of sp³-hybridized carbons (Fsp3) is 0.333. The van der Waals surface area contributed by atoms with Crippen LogP contribution < -0.4 is 30.7 Å². The number of hydrogen-bond acceptors (Lipinski definition) is 4. The molecule has 0 spiro atoms. The second kappa shape index (κ2) is 13.6. The van der Waals surface area contributed by atoms with Gasteiger partial charge < -0.3 is 36.2 Å². The number of hydrogen-bond donors (Lipinski definition) is 0. The first-order chi connectivity index (χ1) is 13.3. The zero-order valence-electron chi connectivity index (χ0n) is 15.5. The van der Waals surface area contributed by atoms with Gasteiger partial charge in [-0.05, 0) is 24.3 Å². The van der Waals surface area contributed by atoms with Crippen molar-refractivity contribution in [2.45, 2.75) is 0 Å². The highest BCUT2D eigenvalue weighted by atomic mass is 127. The minimum Gasteiger partial charge on any atom is -0.486 e. The summed E-state index contributed by atoms with van der Waals surface area (Å²) in [5.74, 6) is 1.87. The van der Waals surface area contributed by atoms with Gasteiger partial charge in [-0.15, -0.1) is 0 Å². The van der Waals surface area contributed by atoms with Gasteiger partial charge >= 0.3 is 28.5 Å². The third-order valence-electron chi connectivity index (χ3n) is 2.97. The molecule has 2 aromatic rings. The summed E-state index contributed by atoms with van der Waals surface area (Å²) in [6, 6.07) is 16.4. The van der Waals surface area contributed by atoms with Crippen molar-refractivity contribution in [3.05, 3.63) is 55.7 Å². The first-order valence-electron chi connectivity index (χ1n) is 8.28. The third kappa shape index (κ3) is 11.3. The lowest BCUT2D eigenvalue weighted by Gasteiger charge is -2.06. The van der Waals surface area contributed by atoms with E-state index in [4.69, 9.17) is 18.9 Å². The zero-order valence-corrected chi connectivity index (χ0v) is 17.7. The van der Waals surface area contributed by atoms with Gasteiger partial charge in [0, 0.05) is 14.2 Å². The van der Waals surface area contributed by atoms with Gasteiger partial charge in [0.1, 0.15) is 13.2 Å². The van der Waals surface area contributed by atoms with Crippen LogP contribution in [0.4, 0.5) is 17.3 Å². The molecule has 0 amide bonds. The highest BCUT2D eigenvalue weighted by molar-refractivity contribution is 6.50. The summed E-state index contributed by atoms with van der Waals surface area (Å²) >= 11 is -0.391. The molecule has 0 atom stereocenters. The fourth-order valence-corrected chi connectivity index (χ4v) is 4.46. The van der Waals surface area contributed by atoms with Crippen molar-refractivity contribution in [1.29, 1.82) is 0 Å². The summed E-state index contributed by atoms with van der Waals surface area (Å²) < 4.78 is 63.2. The molecule has 156 valence electrons. The number of benzene rings is 2. The van der Waals surface area contributed by atoms with Crippen LogP contribution >= 0.6 is 0 Å². The Hall–Kier alpha value is -1.53. The molecule has 0 N–H and O–H groups in total. The molecule has 28 heavy (non-hydrogen) atoms. The van der Waals surface area contributed by atoms with Crippen LogP contribution in [0.2, 0.25) is 0 Å². The topological polar surface area (TPSA) is 36.9 Å². The first-order valence-corrected chi connectivity index (χ1v) is 10.4. The van der Waals surface area contributed by atoms with Crippen molar-refractivity contribution >= 4 is 7.25 Å². The molecule has 0 heterocycles. The van der Waals surface area contributed by atoms with Crippen LogP contribution in [0.3, 0.4) is 0 Å². The van der Waals surface area contributed by atoms with Crippen molar-refractivity contribution in [2.24, 2.45) is 0 Å². The van der Waals surface area contributed by atoms with E-state index in [1.807, 2.05) is 36.4 Å². The standard InChI is InChI=1S/C18H22IO4.BF4/c1-20-11-13-22-17-9-5-3-7-15(17)19-16-8-4-6-10-18(16)23-14-12-21-2;2-1(3,4)5/h3-10H,11-14H2,1-2H3;/q+1;-1. The highest BCUT2D eigenvalue weighted by Crippen LogP contribution is 2.11. The molecule has 0 bridgehead atoms. The predicted octanol–water partition coefficient (Wildman–Crippen LogP) is 1.17. The maximum Gasteiger partial charge on any atom is 0.673 e. The van der Waals surface area contributed by atoms with Gasteiger partial charge in [0.05, 0.1) is 13.2 Å². The van der Waals surface area contributed by atoms with Crippen LogP contribution in [0.25, 0.3) is 0 Å². The van der Waals surface area contributed by atoms with Crippen LogP contribution in [0.5, 0.6) is 11.5 Å². The van der Waals surface area contributed by atoms with Gasteiger partial charge in [0.2, 0.25) is 7.14 Å².